The normalized spacial score (nSPS) is 15.3. The van der Waals surface area contributed by atoms with Crippen LogP contribution in [0.15, 0.2) is 22.9 Å². The molecule has 4 N–H and O–H groups in total. The van der Waals surface area contributed by atoms with Gasteiger partial charge in [-0.1, -0.05) is 0 Å². The molecule has 2 aromatic heterocycles. The molecule has 1 aliphatic heterocycles. The van der Waals surface area contributed by atoms with Crippen molar-refractivity contribution >= 4 is 39.3 Å². The molecule has 3 heterocycles. The molecule has 0 radical (unpaired) electrons. The number of thiophene rings is 1. The Balaban J connectivity index is 1.70. The van der Waals surface area contributed by atoms with E-state index in [1.165, 1.54) is 6.08 Å². The topological polar surface area (TPSA) is 121 Å². The summed E-state index contributed by atoms with van der Waals surface area (Å²) >= 11 is 1.54. The third-order valence-corrected chi connectivity index (χ3v) is 4.87. The molecule has 0 saturated carbocycles. The maximum Gasteiger partial charge on any atom is 0.277 e. The number of amides is 1. The number of carbonyl (C=O) groups is 1. The predicted molar refractivity (Wildman–Crippen MR) is 82.9 cm³/mol. The lowest BCUT2D eigenvalue weighted by atomic mass is 10.2. The van der Waals surface area contributed by atoms with Crippen molar-refractivity contribution in [1.29, 1.82) is 0 Å². The minimum Gasteiger partial charge on any atom is -0.305 e. The maximum atomic E-state index is 11.9. The molecule has 0 fully saturated rings. The molecule has 0 spiro atoms. The van der Waals surface area contributed by atoms with Crippen molar-refractivity contribution in [3.8, 4) is 0 Å². The highest BCUT2D eigenvalue weighted by molar-refractivity contribution is 7.86. The molecule has 0 saturated heterocycles. The van der Waals surface area contributed by atoms with E-state index >= 15 is 0 Å². The van der Waals surface area contributed by atoms with E-state index in [9.17, 15) is 13.2 Å². The molecule has 10 heteroatoms. The van der Waals surface area contributed by atoms with Crippen LogP contribution in [0.1, 0.15) is 16.8 Å². The Morgan fingerprint density at radius 2 is 2.32 bits per heavy atom. The molecule has 0 unspecified atom stereocenters. The van der Waals surface area contributed by atoms with Gasteiger partial charge in [0, 0.05) is 18.2 Å². The van der Waals surface area contributed by atoms with Crippen molar-refractivity contribution in [2.45, 2.75) is 13.1 Å². The van der Waals surface area contributed by atoms with E-state index < -0.39 is 10.2 Å². The second kappa shape index (κ2) is 5.65. The van der Waals surface area contributed by atoms with Crippen LogP contribution in [-0.2, 0) is 28.1 Å². The van der Waals surface area contributed by atoms with Crippen molar-refractivity contribution < 1.29 is 13.2 Å². The zero-order chi connectivity index (χ0) is 15.7. The van der Waals surface area contributed by atoms with E-state index in [1.54, 1.807) is 17.4 Å². The number of nitrogens with two attached hydrogens (primary N) is 1. The van der Waals surface area contributed by atoms with Crippen LogP contribution in [0.3, 0.4) is 0 Å². The molecule has 1 amide bonds. The second-order valence-corrected chi connectivity index (χ2v) is 7.05. The summed E-state index contributed by atoms with van der Waals surface area (Å²) in [5.41, 5.74) is 2.20. The number of nitrogens with zero attached hydrogens (tertiary/aromatic N) is 2. The highest BCUT2D eigenvalue weighted by atomic mass is 32.2. The predicted octanol–water partition coefficient (Wildman–Crippen LogP) is 0.642. The number of aromatic nitrogens is 2. The van der Waals surface area contributed by atoms with Crippen LogP contribution in [0.2, 0.25) is 0 Å². The highest BCUT2D eigenvalue weighted by Crippen LogP contribution is 2.28. The van der Waals surface area contributed by atoms with Crippen molar-refractivity contribution in [2.24, 2.45) is 5.14 Å². The monoisotopic (exact) mass is 339 g/mol. The van der Waals surface area contributed by atoms with Crippen LogP contribution < -0.4 is 10.5 Å². The second-order valence-electron chi connectivity index (χ2n) is 4.72. The van der Waals surface area contributed by atoms with Crippen LogP contribution in [0, 0.1) is 0 Å². The summed E-state index contributed by atoms with van der Waals surface area (Å²) in [6.45, 7) is 0.219. The number of hydrogen-bond acceptors (Lipinski definition) is 5. The third kappa shape index (κ3) is 3.09. The lowest BCUT2D eigenvalue weighted by molar-refractivity contribution is -0.111. The van der Waals surface area contributed by atoms with E-state index in [4.69, 9.17) is 5.14 Å². The zero-order valence-corrected chi connectivity index (χ0v) is 12.9. The van der Waals surface area contributed by atoms with Crippen LogP contribution in [0.5, 0.6) is 0 Å². The third-order valence-electron chi connectivity index (χ3n) is 3.19. The minimum atomic E-state index is -3.77. The standard InChI is InChI=1S/C12H13N5O3S2/c13-22(19,20)17-5-9-10(6-17)15-16-12(9)14-11(18)2-1-8-3-4-21-7-8/h1-4,7H,5-6H2,(H2,13,19,20)(H2,14,15,16,18). The van der Waals surface area contributed by atoms with Crippen LogP contribution in [0.25, 0.3) is 6.08 Å². The fourth-order valence-electron chi connectivity index (χ4n) is 2.09. The molecule has 3 rings (SSSR count). The summed E-state index contributed by atoms with van der Waals surface area (Å²) in [6.07, 6.45) is 3.09. The van der Waals surface area contributed by atoms with Crippen molar-refractivity contribution in [3.05, 3.63) is 39.7 Å². The molecule has 2 aromatic rings. The Labute approximate surface area is 130 Å². The molecule has 0 aromatic carbocycles. The number of nitrogens with one attached hydrogen (secondary N) is 2. The molecule has 8 nitrogen and oxygen atoms in total. The molecule has 0 bridgehead atoms. The molecular formula is C12H13N5O3S2. The van der Waals surface area contributed by atoms with Gasteiger partial charge in [0.2, 0.25) is 5.91 Å². The Bertz CT molecular complexity index is 823. The molecule has 1 aliphatic rings. The Kier molecular flexibility index (Phi) is 3.83. The lowest BCUT2D eigenvalue weighted by Gasteiger charge is -2.10. The smallest absolute Gasteiger partial charge is 0.277 e. The fourth-order valence-corrected chi connectivity index (χ4v) is 3.34. The first-order valence-corrected chi connectivity index (χ1v) is 8.73. The van der Waals surface area contributed by atoms with Crippen LogP contribution >= 0.6 is 11.3 Å². The molecule has 0 aliphatic carbocycles. The van der Waals surface area contributed by atoms with Crippen molar-refractivity contribution in [3.63, 3.8) is 0 Å². The average molecular weight is 339 g/mol. The summed E-state index contributed by atoms with van der Waals surface area (Å²) in [5.74, 6) is -0.0179. The van der Waals surface area contributed by atoms with E-state index in [1.807, 2.05) is 16.8 Å². The average Bonchev–Trinajstić information content (AvgIpc) is 3.13. The van der Waals surface area contributed by atoms with E-state index in [0.29, 0.717) is 17.1 Å². The van der Waals surface area contributed by atoms with Crippen LogP contribution in [-0.4, -0.2) is 28.8 Å². The van der Waals surface area contributed by atoms with Gasteiger partial charge in [-0.2, -0.15) is 29.2 Å². The molecule has 116 valence electrons. The first-order chi connectivity index (χ1) is 10.4. The van der Waals surface area contributed by atoms with Gasteiger partial charge in [-0.25, -0.2) is 5.14 Å². The summed E-state index contributed by atoms with van der Waals surface area (Å²) in [4.78, 5) is 11.9. The number of rotatable bonds is 4. The van der Waals surface area contributed by atoms with Gasteiger partial charge >= 0.3 is 0 Å². The lowest BCUT2D eigenvalue weighted by Crippen LogP contribution is -2.32. The fraction of sp³-hybridized carbons (Fsp3) is 0.167. The van der Waals surface area contributed by atoms with E-state index in [2.05, 4.69) is 15.5 Å². The SMILES string of the molecule is NS(=O)(=O)N1Cc2[nH]nc(NC(=O)C=Cc3ccsc3)c2C1. The largest absolute Gasteiger partial charge is 0.305 e. The number of fused-ring (bicyclic) bond motifs is 1. The Hall–Kier alpha value is -2.01. The first-order valence-electron chi connectivity index (χ1n) is 6.29. The molecule has 22 heavy (non-hydrogen) atoms. The quantitative estimate of drug-likeness (QED) is 0.708. The maximum absolute atomic E-state index is 11.9. The van der Waals surface area contributed by atoms with Gasteiger partial charge in [0.1, 0.15) is 0 Å². The summed E-state index contributed by atoms with van der Waals surface area (Å²) < 4.78 is 23.8. The minimum absolute atomic E-state index is 0.0918. The van der Waals surface area contributed by atoms with Gasteiger partial charge in [0.15, 0.2) is 5.82 Å². The summed E-state index contributed by atoms with van der Waals surface area (Å²) in [5, 5.41) is 18.3. The van der Waals surface area contributed by atoms with Gasteiger partial charge in [-0.05, 0) is 28.5 Å². The van der Waals surface area contributed by atoms with Gasteiger partial charge in [-0.15, -0.1) is 0 Å². The van der Waals surface area contributed by atoms with Gasteiger partial charge in [0.05, 0.1) is 12.2 Å². The summed E-state index contributed by atoms with van der Waals surface area (Å²) in [6, 6.07) is 1.89. The first kappa shape index (κ1) is 14.9. The number of hydrogen-bond donors (Lipinski definition) is 3. The van der Waals surface area contributed by atoms with E-state index in [0.717, 1.165) is 9.87 Å². The van der Waals surface area contributed by atoms with E-state index in [-0.39, 0.29) is 19.0 Å². The Morgan fingerprint density at radius 1 is 1.50 bits per heavy atom. The number of anilines is 1. The van der Waals surface area contributed by atoms with Gasteiger partial charge < -0.3 is 5.32 Å². The number of aromatic amines is 1. The van der Waals surface area contributed by atoms with Crippen molar-refractivity contribution in [1.82, 2.24) is 14.5 Å². The van der Waals surface area contributed by atoms with Crippen molar-refractivity contribution in [2.75, 3.05) is 5.32 Å². The molecular weight excluding hydrogens is 326 g/mol. The number of H-pyrrole nitrogens is 1. The Morgan fingerprint density at radius 3 is 3.00 bits per heavy atom. The highest BCUT2D eigenvalue weighted by Gasteiger charge is 2.31. The van der Waals surface area contributed by atoms with Gasteiger partial charge in [-0.3, -0.25) is 9.89 Å². The molecule has 0 atom stereocenters. The zero-order valence-electron chi connectivity index (χ0n) is 11.3. The van der Waals surface area contributed by atoms with Crippen LogP contribution in [0.4, 0.5) is 5.82 Å². The summed E-state index contributed by atoms with van der Waals surface area (Å²) in [7, 11) is -3.77. The van der Waals surface area contributed by atoms with Gasteiger partial charge in [0.25, 0.3) is 10.2 Å². The number of carbonyl (C=O) groups excluding carboxylic acids is 1.